The molecule has 0 bridgehead atoms. The van der Waals surface area contributed by atoms with Crippen molar-refractivity contribution < 1.29 is 9.13 Å². The Morgan fingerprint density at radius 1 is 1.19 bits per heavy atom. The molecule has 0 aliphatic carbocycles. The number of halogens is 3. The van der Waals surface area contributed by atoms with Gasteiger partial charge in [0.25, 0.3) is 0 Å². The maximum absolute atomic E-state index is 13.4. The minimum atomic E-state index is -0.278. The molecule has 0 fully saturated rings. The lowest BCUT2D eigenvalue weighted by Gasteiger charge is -2.20. The first-order valence-electron chi connectivity index (χ1n) is 8.28. The summed E-state index contributed by atoms with van der Waals surface area (Å²) in [5, 5.41) is 4.15. The molecule has 1 unspecified atom stereocenters. The predicted octanol–water partition coefficient (Wildman–Crippen LogP) is 6.50. The number of imidazole rings is 1. The third kappa shape index (κ3) is 4.17. The average molecular weight is 421 g/mol. The van der Waals surface area contributed by atoms with Gasteiger partial charge < -0.3 is 9.30 Å². The largest absolute Gasteiger partial charge is 0.367 e. The van der Waals surface area contributed by atoms with Crippen molar-refractivity contribution in [3.05, 3.63) is 87.5 Å². The smallest absolute Gasteiger partial charge is 0.124 e. The Bertz CT molecular complexity index is 1070. The molecule has 2 aromatic heterocycles. The first-order valence-corrected chi connectivity index (χ1v) is 9.91. The lowest BCUT2D eigenvalue weighted by atomic mass is 10.1. The van der Waals surface area contributed by atoms with Crippen molar-refractivity contribution in [1.29, 1.82) is 0 Å². The van der Waals surface area contributed by atoms with Crippen molar-refractivity contribution in [3.8, 4) is 0 Å². The van der Waals surface area contributed by atoms with Crippen LogP contribution in [0.3, 0.4) is 0 Å². The number of benzene rings is 2. The van der Waals surface area contributed by atoms with Gasteiger partial charge in [-0.05, 0) is 40.6 Å². The standard InChI is InChI=1S/C20H15Cl2FN2OS/c21-14-1-3-17(18(22)7-14)19(9-25-6-5-24-12-25)26-10-13-11-27-20-8-15(23)2-4-16(13)20/h1-8,11-12,19H,9-10H2. The van der Waals surface area contributed by atoms with Gasteiger partial charge in [0.15, 0.2) is 0 Å². The Labute approximate surface area is 169 Å². The van der Waals surface area contributed by atoms with E-state index in [1.54, 1.807) is 36.8 Å². The minimum absolute atomic E-state index is 0.234. The van der Waals surface area contributed by atoms with Gasteiger partial charge in [0, 0.05) is 32.7 Å². The fourth-order valence-electron chi connectivity index (χ4n) is 2.95. The molecule has 0 radical (unpaired) electrons. The summed E-state index contributed by atoms with van der Waals surface area (Å²) < 4.78 is 22.5. The molecule has 0 saturated carbocycles. The van der Waals surface area contributed by atoms with E-state index >= 15 is 0 Å². The molecule has 3 nitrogen and oxygen atoms in total. The molecule has 0 spiro atoms. The highest BCUT2D eigenvalue weighted by Gasteiger charge is 2.18. The van der Waals surface area contributed by atoms with Crippen molar-refractivity contribution in [2.45, 2.75) is 19.3 Å². The first kappa shape index (κ1) is 18.4. The van der Waals surface area contributed by atoms with Gasteiger partial charge in [-0.15, -0.1) is 11.3 Å². The SMILES string of the molecule is Fc1ccc2c(COC(Cn3ccnc3)c3ccc(Cl)cc3Cl)csc2c1. The highest BCUT2D eigenvalue weighted by atomic mass is 35.5. The second-order valence-corrected chi connectivity index (χ2v) is 7.88. The topological polar surface area (TPSA) is 27.1 Å². The van der Waals surface area contributed by atoms with Crippen molar-refractivity contribution in [1.82, 2.24) is 9.55 Å². The zero-order valence-corrected chi connectivity index (χ0v) is 16.4. The average Bonchev–Trinajstić information content (AvgIpc) is 3.28. The summed E-state index contributed by atoms with van der Waals surface area (Å²) in [6, 6.07) is 10.2. The molecule has 0 aliphatic rings. The van der Waals surface area contributed by atoms with Crippen LogP contribution in [-0.2, 0) is 17.9 Å². The quantitative estimate of drug-likeness (QED) is 0.355. The third-order valence-corrected chi connectivity index (χ3v) is 5.86. The number of rotatable bonds is 6. The molecule has 7 heteroatoms. The van der Waals surface area contributed by atoms with Gasteiger partial charge in [-0.3, -0.25) is 0 Å². The number of hydrogen-bond acceptors (Lipinski definition) is 3. The number of ether oxygens (including phenoxy) is 1. The maximum atomic E-state index is 13.4. The van der Waals surface area contributed by atoms with Crippen LogP contribution in [0.4, 0.5) is 4.39 Å². The van der Waals surface area contributed by atoms with Crippen LogP contribution in [0, 0.1) is 5.82 Å². The van der Waals surface area contributed by atoms with E-state index in [0.717, 1.165) is 21.2 Å². The second kappa shape index (κ2) is 7.98. The monoisotopic (exact) mass is 420 g/mol. The Hall–Kier alpha value is -1.92. The van der Waals surface area contributed by atoms with E-state index in [0.29, 0.717) is 23.2 Å². The summed E-state index contributed by atoms with van der Waals surface area (Å²) in [5.41, 5.74) is 1.89. The molecule has 4 rings (SSSR count). The first-order chi connectivity index (χ1) is 13.1. The number of aromatic nitrogens is 2. The van der Waals surface area contributed by atoms with Crippen LogP contribution in [0.2, 0.25) is 10.0 Å². The summed E-state index contributed by atoms with van der Waals surface area (Å²) in [5.74, 6) is -0.234. The molecule has 1 atom stereocenters. The lowest BCUT2D eigenvalue weighted by molar-refractivity contribution is 0.0288. The summed E-state index contributed by atoms with van der Waals surface area (Å²) in [6.45, 7) is 0.960. The molecular weight excluding hydrogens is 406 g/mol. The van der Waals surface area contributed by atoms with Crippen LogP contribution in [-0.4, -0.2) is 9.55 Å². The van der Waals surface area contributed by atoms with E-state index in [4.69, 9.17) is 27.9 Å². The van der Waals surface area contributed by atoms with E-state index in [2.05, 4.69) is 4.98 Å². The molecule has 2 heterocycles. The number of nitrogens with zero attached hydrogens (tertiary/aromatic N) is 2. The highest BCUT2D eigenvalue weighted by molar-refractivity contribution is 7.17. The van der Waals surface area contributed by atoms with Gasteiger partial charge in [-0.25, -0.2) is 9.37 Å². The molecule has 0 amide bonds. The van der Waals surface area contributed by atoms with Crippen molar-refractivity contribution in [2.24, 2.45) is 0 Å². The molecule has 0 aliphatic heterocycles. The van der Waals surface area contributed by atoms with Crippen molar-refractivity contribution in [2.75, 3.05) is 0 Å². The Balaban J connectivity index is 1.60. The molecule has 0 saturated heterocycles. The Kier molecular flexibility index (Phi) is 5.45. The van der Waals surface area contributed by atoms with Gasteiger partial charge >= 0.3 is 0 Å². The zero-order valence-electron chi connectivity index (χ0n) is 14.1. The van der Waals surface area contributed by atoms with E-state index in [1.165, 1.54) is 17.4 Å². The number of hydrogen-bond donors (Lipinski definition) is 0. The molecule has 27 heavy (non-hydrogen) atoms. The molecule has 138 valence electrons. The van der Waals surface area contributed by atoms with Gasteiger partial charge in [0.2, 0.25) is 0 Å². The second-order valence-electron chi connectivity index (χ2n) is 6.13. The van der Waals surface area contributed by atoms with Crippen molar-refractivity contribution >= 4 is 44.6 Å². The van der Waals surface area contributed by atoms with Crippen molar-refractivity contribution in [3.63, 3.8) is 0 Å². The van der Waals surface area contributed by atoms with Gasteiger partial charge in [0.1, 0.15) is 11.9 Å². The van der Waals surface area contributed by atoms with Gasteiger partial charge in [-0.1, -0.05) is 35.3 Å². The lowest BCUT2D eigenvalue weighted by Crippen LogP contribution is -2.12. The molecule has 4 aromatic rings. The number of thiophene rings is 1. The Morgan fingerprint density at radius 2 is 2.07 bits per heavy atom. The highest BCUT2D eigenvalue weighted by Crippen LogP contribution is 2.32. The van der Waals surface area contributed by atoms with Crippen LogP contribution < -0.4 is 0 Å². The van der Waals surface area contributed by atoms with Gasteiger partial charge in [0.05, 0.1) is 19.5 Å². The summed E-state index contributed by atoms with van der Waals surface area (Å²) >= 11 is 13.9. The molecule has 2 aromatic carbocycles. The fourth-order valence-corrected chi connectivity index (χ4v) is 4.45. The van der Waals surface area contributed by atoms with Crippen LogP contribution in [0.15, 0.2) is 60.5 Å². The molecule has 0 N–H and O–H groups in total. The third-order valence-electron chi connectivity index (χ3n) is 4.30. The Morgan fingerprint density at radius 3 is 2.85 bits per heavy atom. The fraction of sp³-hybridized carbons (Fsp3) is 0.150. The predicted molar refractivity (Wildman–Crippen MR) is 108 cm³/mol. The normalized spacial score (nSPS) is 12.6. The zero-order chi connectivity index (χ0) is 18.8. The van der Waals surface area contributed by atoms with E-state index < -0.39 is 0 Å². The van der Waals surface area contributed by atoms with E-state index in [9.17, 15) is 4.39 Å². The van der Waals surface area contributed by atoms with Crippen LogP contribution in [0.25, 0.3) is 10.1 Å². The van der Waals surface area contributed by atoms with Crippen LogP contribution in [0.5, 0.6) is 0 Å². The van der Waals surface area contributed by atoms with Crippen LogP contribution in [0.1, 0.15) is 17.2 Å². The van der Waals surface area contributed by atoms with E-state index in [-0.39, 0.29) is 11.9 Å². The van der Waals surface area contributed by atoms with Gasteiger partial charge in [-0.2, -0.15) is 0 Å². The maximum Gasteiger partial charge on any atom is 0.124 e. The van der Waals surface area contributed by atoms with E-state index in [1.807, 2.05) is 22.2 Å². The van der Waals surface area contributed by atoms with Crippen LogP contribution >= 0.6 is 34.5 Å². The minimum Gasteiger partial charge on any atom is -0.367 e. The summed E-state index contributed by atoms with van der Waals surface area (Å²) in [6.07, 6.45) is 5.06. The molecular formula is C20H15Cl2FN2OS. The summed E-state index contributed by atoms with van der Waals surface area (Å²) in [7, 11) is 0. The number of fused-ring (bicyclic) bond motifs is 1. The summed E-state index contributed by atoms with van der Waals surface area (Å²) in [4.78, 5) is 4.08.